The van der Waals surface area contributed by atoms with Gasteiger partial charge in [0, 0.05) is 12.1 Å². The van der Waals surface area contributed by atoms with Crippen LogP contribution in [0.2, 0.25) is 0 Å². The third-order valence-electron chi connectivity index (χ3n) is 2.17. The Labute approximate surface area is 79.0 Å². The van der Waals surface area contributed by atoms with E-state index in [1.807, 2.05) is 13.8 Å². The molecule has 4 nitrogen and oxygen atoms in total. The van der Waals surface area contributed by atoms with Crippen LogP contribution in [0.1, 0.15) is 27.2 Å². The van der Waals surface area contributed by atoms with Gasteiger partial charge in [0.05, 0.1) is 6.10 Å². The number of hydrogen-bond donors (Lipinski definition) is 2. The SMILES string of the molecule is CC(C)OC(=O)NC1CCNC1C. The van der Waals surface area contributed by atoms with E-state index in [9.17, 15) is 4.79 Å². The van der Waals surface area contributed by atoms with Gasteiger partial charge in [-0.1, -0.05) is 0 Å². The summed E-state index contributed by atoms with van der Waals surface area (Å²) in [6.45, 7) is 6.72. The van der Waals surface area contributed by atoms with Gasteiger partial charge in [0.2, 0.25) is 0 Å². The van der Waals surface area contributed by atoms with E-state index < -0.39 is 0 Å². The van der Waals surface area contributed by atoms with Gasteiger partial charge in [-0.05, 0) is 33.7 Å². The smallest absolute Gasteiger partial charge is 0.407 e. The van der Waals surface area contributed by atoms with Crippen molar-refractivity contribution in [2.24, 2.45) is 0 Å². The molecule has 4 heteroatoms. The Kier molecular flexibility index (Phi) is 3.54. The zero-order chi connectivity index (χ0) is 9.84. The average Bonchev–Trinajstić information content (AvgIpc) is 2.34. The topological polar surface area (TPSA) is 50.4 Å². The zero-order valence-electron chi connectivity index (χ0n) is 8.46. The second-order valence-electron chi connectivity index (χ2n) is 3.74. The minimum absolute atomic E-state index is 0.0512. The van der Waals surface area contributed by atoms with Gasteiger partial charge in [-0.25, -0.2) is 4.79 Å². The van der Waals surface area contributed by atoms with Crippen LogP contribution < -0.4 is 10.6 Å². The zero-order valence-corrected chi connectivity index (χ0v) is 8.46. The molecule has 1 heterocycles. The third kappa shape index (κ3) is 3.22. The molecule has 0 bridgehead atoms. The van der Waals surface area contributed by atoms with Crippen molar-refractivity contribution in [1.29, 1.82) is 0 Å². The van der Waals surface area contributed by atoms with Crippen LogP contribution in [0.5, 0.6) is 0 Å². The highest BCUT2D eigenvalue weighted by Crippen LogP contribution is 2.06. The Bertz CT molecular complexity index is 182. The highest BCUT2D eigenvalue weighted by atomic mass is 16.6. The summed E-state index contributed by atoms with van der Waals surface area (Å²) in [5.41, 5.74) is 0. The van der Waals surface area contributed by atoms with Crippen molar-refractivity contribution in [2.75, 3.05) is 6.54 Å². The first-order valence-corrected chi connectivity index (χ1v) is 4.80. The predicted molar refractivity (Wildman–Crippen MR) is 50.6 cm³/mol. The summed E-state index contributed by atoms with van der Waals surface area (Å²) in [7, 11) is 0. The van der Waals surface area contributed by atoms with E-state index in [0.29, 0.717) is 6.04 Å². The molecule has 2 atom stereocenters. The van der Waals surface area contributed by atoms with Crippen molar-refractivity contribution < 1.29 is 9.53 Å². The van der Waals surface area contributed by atoms with Crippen LogP contribution in [0.15, 0.2) is 0 Å². The van der Waals surface area contributed by atoms with E-state index in [1.54, 1.807) is 0 Å². The van der Waals surface area contributed by atoms with Gasteiger partial charge >= 0.3 is 6.09 Å². The van der Waals surface area contributed by atoms with Crippen molar-refractivity contribution in [3.63, 3.8) is 0 Å². The number of ether oxygens (including phenoxy) is 1. The molecule has 1 aliphatic rings. The number of carbonyl (C=O) groups is 1. The summed E-state index contributed by atoms with van der Waals surface area (Å²) in [6.07, 6.45) is 0.620. The molecule has 0 aliphatic carbocycles. The molecule has 1 aliphatic heterocycles. The van der Waals surface area contributed by atoms with Gasteiger partial charge in [-0.3, -0.25) is 0 Å². The van der Waals surface area contributed by atoms with Crippen molar-refractivity contribution in [3.05, 3.63) is 0 Å². The van der Waals surface area contributed by atoms with E-state index in [1.165, 1.54) is 0 Å². The van der Waals surface area contributed by atoms with E-state index in [0.717, 1.165) is 13.0 Å². The summed E-state index contributed by atoms with van der Waals surface area (Å²) in [5.74, 6) is 0. The van der Waals surface area contributed by atoms with Crippen LogP contribution in [-0.4, -0.2) is 30.8 Å². The Morgan fingerprint density at radius 1 is 1.62 bits per heavy atom. The number of carbonyl (C=O) groups excluding carboxylic acids is 1. The first-order valence-electron chi connectivity index (χ1n) is 4.80. The van der Waals surface area contributed by atoms with Crippen LogP contribution in [0, 0.1) is 0 Å². The standard InChI is InChI=1S/C9H18N2O2/c1-6(2)13-9(12)11-8-4-5-10-7(8)3/h6-8,10H,4-5H2,1-3H3,(H,11,12). The second kappa shape index (κ2) is 4.46. The number of hydrogen-bond acceptors (Lipinski definition) is 3. The molecule has 1 rings (SSSR count). The van der Waals surface area contributed by atoms with Crippen LogP contribution in [0.25, 0.3) is 0 Å². The predicted octanol–water partition coefficient (Wildman–Crippen LogP) is 0.871. The quantitative estimate of drug-likeness (QED) is 0.673. The molecule has 1 fully saturated rings. The van der Waals surface area contributed by atoms with Crippen molar-refractivity contribution >= 4 is 6.09 Å². The van der Waals surface area contributed by atoms with Gasteiger partial charge in [-0.15, -0.1) is 0 Å². The Morgan fingerprint density at radius 2 is 2.31 bits per heavy atom. The number of amides is 1. The minimum atomic E-state index is -0.310. The number of alkyl carbamates (subject to hydrolysis) is 1. The number of rotatable bonds is 2. The molecular weight excluding hydrogens is 168 g/mol. The van der Waals surface area contributed by atoms with Gasteiger partial charge in [-0.2, -0.15) is 0 Å². The van der Waals surface area contributed by atoms with Crippen molar-refractivity contribution in [2.45, 2.75) is 45.4 Å². The Balaban J connectivity index is 2.27. The maximum absolute atomic E-state index is 11.2. The summed E-state index contributed by atoms with van der Waals surface area (Å²) >= 11 is 0. The molecule has 0 aromatic heterocycles. The summed E-state index contributed by atoms with van der Waals surface area (Å²) in [5, 5.41) is 6.09. The molecule has 1 amide bonds. The lowest BCUT2D eigenvalue weighted by Gasteiger charge is -2.17. The molecule has 0 aromatic carbocycles. The van der Waals surface area contributed by atoms with Gasteiger partial charge in [0.25, 0.3) is 0 Å². The third-order valence-corrected chi connectivity index (χ3v) is 2.17. The molecule has 0 radical (unpaired) electrons. The van der Waals surface area contributed by atoms with Crippen molar-refractivity contribution in [1.82, 2.24) is 10.6 Å². The normalized spacial score (nSPS) is 27.7. The summed E-state index contributed by atoms with van der Waals surface area (Å²) in [6, 6.07) is 0.561. The van der Waals surface area contributed by atoms with Gasteiger partial charge in [0.1, 0.15) is 0 Å². The van der Waals surface area contributed by atoms with E-state index in [-0.39, 0.29) is 18.2 Å². The largest absolute Gasteiger partial charge is 0.447 e. The van der Waals surface area contributed by atoms with Gasteiger partial charge in [0.15, 0.2) is 0 Å². The van der Waals surface area contributed by atoms with E-state index >= 15 is 0 Å². The lowest BCUT2D eigenvalue weighted by atomic mass is 10.1. The fourth-order valence-corrected chi connectivity index (χ4v) is 1.46. The molecule has 0 saturated carbocycles. The average molecular weight is 186 g/mol. The lowest BCUT2D eigenvalue weighted by molar-refractivity contribution is 0.111. The maximum atomic E-state index is 11.2. The van der Waals surface area contributed by atoms with Crippen molar-refractivity contribution in [3.8, 4) is 0 Å². The first-order chi connectivity index (χ1) is 6.09. The minimum Gasteiger partial charge on any atom is -0.447 e. The molecular formula is C9H18N2O2. The van der Waals surface area contributed by atoms with Crippen LogP contribution in [0.3, 0.4) is 0 Å². The van der Waals surface area contributed by atoms with Crippen LogP contribution >= 0.6 is 0 Å². The first kappa shape index (κ1) is 10.3. The summed E-state index contributed by atoms with van der Waals surface area (Å²) < 4.78 is 4.98. The van der Waals surface area contributed by atoms with Gasteiger partial charge < -0.3 is 15.4 Å². The molecule has 76 valence electrons. The molecule has 2 N–H and O–H groups in total. The fourth-order valence-electron chi connectivity index (χ4n) is 1.46. The Hall–Kier alpha value is -0.770. The van der Waals surface area contributed by atoms with E-state index in [2.05, 4.69) is 17.6 Å². The van der Waals surface area contributed by atoms with Crippen LogP contribution in [-0.2, 0) is 4.74 Å². The molecule has 13 heavy (non-hydrogen) atoms. The molecule has 1 saturated heterocycles. The number of nitrogens with one attached hydrogen (secondary N) is 2. The Morgan fingerprint density at radius 3 is 2.77 bits per heavy atom. The maximum Gasteiger partial charge on any atom is 0.407 e. The second-order valence-corrected chi connectivity index (χ2v) is 3.74. The highest BCUT2D eigenvalue weighted by molar-refractivity contribution is 5.67. The van der Waals surface area contributed by atoms with E-state index in [4.69, 9.17) is 4.74 Å². The fraction of sp³-hybridized carbons (Fsp3) is 0.889. The van der Waals surface area contributed by atoms with Crippen LogP contribution in [0.4, 0.5) is 4.79 Å². The summed E-state index contributed by atoms with van der Waals surface area (Å²) in [4.78, 5) is 11.2. The highest BCUT2D eigenvalue weighted by Gasteiger charge is 2.24. The molecule has 2 unspecified atom stereocenters. The monoisotopic (exact) mass is 186 g/mol. The molecule has 0 spiro atoms. The molecule has 0 aromatic rings. The lowest BCUT2D eigenvalue weighted by Crippen LogP contribution is -2.42.